The number of rotatable bonds is 4. The van der Waals surface area contributed by atoms with Crippen LogP contribution in [0.15, 0.2) is 11.5 Å². The Balaban J connectivity index is 1.93. The summed E-state index contributed by atoms with van der Waals surface area (Å²) in [6.07, 6.45) is -2.30. The molecule has 26 heavy (non-hydrogen) atoms. The SMILES string of the molecule is CC(=O)NC1=C2OC(C)(C)O[C@H]2[C@]2(COS(=O)(=O)C(F)(F)F)CO[C@H]1O2. The summed E-state index contributed by atoms with van der Waals surface area (Å²) in [4.78, 5) is 11.4. The van der Waals surface area contributed by atoms with E-state index in [1.807, 2.05) is 0 Å². The highest BCUT2D eigenvalue weighted by Crippen LogP contribution is 2.48. The molecule has 3 atom stereocenters. The van der Waals surface area contributed by atoms with Gasteiger partial charge in [0.2, 0.25) is 18.0 Å². The number of alkyl halides is 3. The zero-order chi connectivity index (χ0) is 19.5. The van der Waals surface area contributed by atoms with Crippen molar-refractivity contribution in [2.24, 2.45) is 0 Å². The van der Waals surface area contributed by atoms with Crippen LogP contribution in [-0.4, -0.2) is 56.8 Å². The van der Waals surface area contributed by atoms with Crippen molar-refractivity contribution in [3.05, 3.63) is 11.5 Å². The first-order valence-corrected chi connectivity index (χ1v) is 8.81. The molecular weight excluding hydrogens is 387 g/mol. The molecule has 9 nitrogen and oxygen atoms in total. The lowest BCUT2D eigenvalue weighted by molar-refractivity contribution is -0.184. The molecular formula is C13H16F3NO8S. The number of carbonyl (C=O) groups excluding carboxylic acids is 1. The van der Waals surface area contributed by atoms with Crippen molar-refractivity contribution in [2.75, 3.05) is 13.2 Å². The fourth-order valence-electron chi connectivity index (χ4n) is 2.82. The first-order chi connectivity index (χ1) is 11.8. The van der Waals surface area contributed by atoms with Gasteiger partial charge in [-0.05, 0) is 0 Å². The summed E-state index contributed by atoms with van der Waals surface area (Å²) < 4.78 is 86.3. The molecule has 2 fully saturated rings. The Kier molecular flexibility index (Phi) is 4.31. The highest BCUT2D eigenvalue weighted by molar-refractivity contribution is 7.87. The molecule has 13 heteroatoms. The number of halogens is 3. The molecule has 2 saturated heterocycles. The van der Waals surface area contributed by atoms with Crippen LogP contribution in [0.25, 0.3) is 0 Å². The quantitative estimate of drug-likeness (QED) is 0.533. The predicted molar refractivity (Wildman–Crippen MR) is 75.4 cm³/mol. The molecule has 2 bridgehead atoms. The highest BCUT2D eigenvalue weighted by Gasteiger charge is 2.63. The van der Waals surface area contributed by atoms with Gasteiger partial charge in [-0.3, -0.25) is 8.98 Å². The van der Waals surface area contributed by atoms with Crippen LogP contribution in [0.1, 0.15) is 20.8 Å². The average Bonchev–Trinajstić information content (AvgIpc) is 3.01. The number of hydrogen-bond donors (Lipinski definition) is 1. The average molecular weight is 403 g/mol. The predicted octanol–water partition coefficient (Wildman–Crippen LogP) is 0.477. The second-order valence-corrected chi connectivity index (χ2v) is 8.05. The van der Waals surface area contributed by atoms with Crippen LogP contribution in [0.2, 0.25) is 0 Å². The molecule has 0 aromatic rings. The number of amides is 1. The second kappa shape index (κ2) is 5.79. The van der Waals surface area contributed by atoms with Crippen LogP contribution in [0, 0.1) is 0 Å². The Labute approximate surface area is 146 Å². The molecule has 3 aliphatic heterocycles. The van der Waals surface area contributed by atoms with E-state index in [4.69, 9.17) is 18.9 Å². The first kappa shape index (κ1) is 19.4. The van der Waals surface area contributed by atoms with Gasteiger partial charge in [-0.25, -0.2) is 0 Å². The lowest BCUT2D eigenvalue weighted by Gasteiger charge is -2.35. The third-order valence-electron chi connectivity index (χ3n) is 3.85. The van der Waals surface area contributed by atoms with Crippen LogP contribution < -0.4 is 5.32 Å². The van der Waals surface area contributed by atoms with E-state index in [0.29, 0.717) is 0 Å². The molecule has 0 aromatic heterocycles. The lowest BCUT2D eigenvalue weighted by Crippen LogP contribution is -2.54. The third kappa shape index (κ3) is 3.17. The monoisotopic (exact) mass is 403 g/mol. The van der Waals surface area contributed by atoms with Crippen LogP contribution in [0.5, 0.6) is 0 Å². The summed E-state index contributed by atoms with van der Waals surface area (Å²) in [5.41, 5.74) is -7.16. The number of nitrogens with one attached hydrogen (secondary N) is 1. The van der Waals surface area contributed by atoms with Gasteiger partial charge in [-0.1, -0.05) is 0 Å². The fourth-order valence-corrected chi connectivity index (χ4v) is 3.31. The molecule has 0 saturated carbocycles. The van der Waals surface area contributed by atoms with Gasteiger partial charge < -0.3 is 24.3 Å². The Morgan fingerprint density at radius 2 is 2.00 bits per heavy atom. The van der Waals surface area contributed by atoms with E-state index in [-0.39, 0.29) is 18.1 Å². The summed E-state index contributed by atoms with van der Waals surface area (Å²) in [5.74, 6) is -1.55. The van der Waals surface area contributed by atoms with Gasteiger partial charge in [0.15, 0.2) is 17.5 Å². The molecule has 0 spiro atoms. The first-order valence-electron chi connectivity index (χ1n) is 7.40. The van der Waals surface area contributed by atoms with Crippen molar-refractivity contribution in [3.8, 4) is 0 Å². The highest BCUT2D eigenvalue weighted by atomic mass is 32.2. The Morgan fingerprint density at radius 3 is 2.58 bits per heavy atom. The largest absolute Gasteiger partial charge is 0.523 e. The number of fused-ring (bicyclic) bond motifs is 4. The molecule has 3 heterocycles. The van der Waals surface area contributed by atoms with Gasteiger partial charge in [0, 0.05) is 20.8 Å². The van der Waals surface area contributed by atoms with Crippen molar-refractivity contribution < 1.29 is 49.5 Å². The summed E-state index contributed by atoms with van der Waals surface area (Å²) in [6, 6.07) is 0. The van der Waals surface area contributed by atoms with Gasteiger partial charge in [-0.15, -0.1) is 0 Å². The van der Waals surface area contributed by atoms with Gasteiger partial charge in [0.1, 0.15) is 12.3 Å². The number of carbonyl (C=O) groups is 1. The maximum atomic E-state index is 12.5. The molecule has 0 aliphatic carbocycles. The third-order valence-corrected chi connectivity index (χ3v) is 4.84. The van der Waals surface area contributed by atoms with E-state index in [2.05, 4.69) is 9.50 Å². The van der Waals surface area contributed by atoms with Gasteiger partial charge >= 0.3 is 15.6 Å². The molecule has 0 radical (unpaired) electrons. The van der Waals surface area contributed by atoms with Gasteiger partial charge in [-0.2, -0.15) is 21.6 Å². The summed E-state index contributed by atoms with van der Waals surface area (Å²) >= 11 is 0. The van der Waals surface area contributed by atoms with Crippen LogP contribution in [0.3, 0.4) is 0 Å². The second-order valence-electron chi connectivity index (χ2n) is 6.45. The summed E-state index contributed by atoms with van der Waals surface area (Å²) in [5, 5.41) is 2.48. The van der Waals surface area contributed by atoms with Gasteiger partial charge in [0.05, 0.1) is 6.61 Å². The smallest absolute Gasteiger partial charge is 0.462 e. The Morgan fingerprint density at radius 1 is 1.35 bits per heavy atom. The van der Waals surface area contributed by atoms with E-state index in [0.717, 1.165) is 0 Å². The topological polar surface area (TPSA) is 109 Å². The summed E-state index contributed by atoms with van der Waals surface area (Å²) in [7, 11) is -5.83. The van der Waals surface area contributed by atoms with Gasteiger partial charge in [0.25, 0.3) is 0 Å². The molecule has 1 amide bonds. The Bertz CT molecular complexity index is 762. The minimum absolute atomic E-state index is 0.0898. The van der Waals surface area contributed by atoms with E-state index >= 15 is 0 Å². The standard InChI is InChI=1S/C13H16F3NO8S/c1-6(18)17-7-8-9(24-11(2,3)23-8)12(4-21-10(7)25-12)5-22-26(19,20)13(14,15)16/h9-10H,4-5H2,1-3H3,(H,17,18)/t9-,10+,12-/m1/s1. The summed E-state index contributed by atoms with van der Waals surface area (Å²) in [6.45, 7) is 2.98. The number of ether oxygens (including phenoxy) is 4. The minimum atomic E-state index is -5.83. The van der Waals surface area contributed by atoms with Crippen molar-refractivity contribution >= 4 is 16.0 Å². The maximum absolute atomic E-state index is 12.5. The van der Waals surface area contributed by atoms with Crippen LogP contribution in [0.4, 0.5) is 13.2 Å². The zero-order valence-corrected chi connectivity index (χ0v) is 14.7. The lowest BCUT2D eigenvalue weighted by atomic mass is 9.94. The van der Waals surface area contributed by atoms with Crippen molar-refractivity contribution in [1.82, 2.24) is 5.32 Å². The molecule has 148 valence electrons. The van der Waals surface area contributed by atoms with Crippen LogP contribution in [-0.2, 0) is 38.0 Å². The molecule has 0 aromatic carbocycles. The Hall–Kier alpha value is -1.41. The minimum Gasteiger partial charge on any atom is -0.462 e. The van der Waals surface area contributed by atoms with E-state index in [9.17, 15) is 26.4 Å². The van der Waals surface area contributed by atoms with Crippen molar-refractivity contribution in [3.63, 3.8) is 0 Å². The fraction of sp³-hybridized carbons (Fsp3) is 0.769. The van der Waals surface area contributed by atoms with Crippen LogP contribution >= 0.6 is 0 Å². The molecule has 0 unspecified atom stereocenters. The maximum Gasteiger partial charge on any atom is 0.523 e. The van der Waals surface area contributed by atoms with Crippen molar-refractivity contribution in [2.45, 2.75) is 50.1 Å². The molecule has 3 rings (SSSR count). The van der Waals surface area contributed by atoms with E-state index in [1.54, 1.807) is 13.8 Å². The normalized spacial score (nSPS) is 33.0. The number of hydrogen-bond acceptors (Lipinski definition) is 8. The molecule has 1 N–H and O–H groups in total. The van der Waals surface area contributed by atoms with E-state index < -0.39 is 51.9 Å². The van der Waals surface area contributed by atoms with Crippen molar-refractivity contribution in [1.29, 1.82) is 0 Å². The zero-order valence-electron chi connectivity index (χ0n) is 13.9. The molecule has 3 aliphatic rings. The van der Waals surface area contributed by atoms with E-state index in [1.165, 1.54) is 6.92 Å².